The molecule has 4 rings (SSSR count). The molecule has 0 unspecified atom stereocenters. The van der Waals surface area contributed by atoms with Crippen LogP contribution in [0.15, 0.2) is 70.9 Å². The van der Waals surface area contributed by atoms with Crippen LogP contribution in [-0.4, -0.2) is 35.4 Å². The first-order valence-electron chi connectivity index (χ1n) is 11.8. The Morgan fingerprint density at radius 2 is 1.86 bits per heavy atom. The number of nitrogens with zero attached hydrogens (tertiary/aromatic N) is 1. The Hall–Kier alpha value is -4.07. The van der Waals surface area contributed by atoms with Gasteiger partial charge in [0.2, 0.25) is 0 Å². The summed E-state index contributed by atoms with van der Waals surface area (Å²) in [5, 5.41) is 11.1. The van der Waals surface area contributed by atoms with Crippen LogP contribution in [-0.2, 0) is 16.1 Å². The summed E-state index contributed by atoms with van der Waals surface area (Å²) in [6.07, 6.45) is 4.50. The highest BCUT2D eigenvalue weighted by Crippen LogP contribution is 2.42. The molecule has 1 saturated heterocycles. The molecule has 1 N–H and O–H groups in total. The number of unbranched alkanes of at least 4 members (excludes halogenated alkanes) is 2. The molecule has 188 valence electrons. The van der Waals surface area contributed by atoms with E-state index in [0.29, 0.717) is 29.4 Å². The third-order valence-electron chi connectivity index (χ3n) is 6.07. The van der Waals surface area contributed by atoms with Crippen molar-refractivity contribution in [1.29, 1.82) is 0 Å². The van der Waals surface area contributed by atoms with E-state index in [0.717, 1.165) is 19.3 Å². The van der Waals surface area contributed by atoms with E-state index in [4.69, 9.17) is 13.9 Å². The number of benzene rings is 2. The number of Topliss-reactive ketones (excluding diaryl/α,β-unsaturated/α-hetero) is 1. The summed E-state index contributed by atoms with van der Waals surface area (Å²) in [6, 6.07) is 12.7. The number of rotatable bonds is 10. The Morgan fingerprint density at radius 3 is 2.53 bits per heavy atom. The van der Waals surface area contributed by atoms with Gasteiger partial charge in [0.1, 0.15) is 17.3 Å². The minimum Gasteiger partial charge on any atom is -0.507 e. The average Bonchev–Trinajstić information content (AvgIpc) is 3.49. The highest BCUT2D eigenvalue weighted by atomic mass is 19.1. The molecule has 0 saturated carbocycles. The van der Waals surface area contributed by atoms with E-state index < -0.39 is 23.5 Å². The number of amides is 1. The Morgan fingerprint density at radius 1 is 1.08 bits per heavy atom. The third-order valence-corrected chi connectivity index (χ3v) is 6.07. The molecule has 0 spiro atoms. The van der Waals surface area contributed by atoms with Gasteiger partial charge in [-0.25, -0.2) is 4.39 Å². The molecule has 1 aromatic heterocycles. The molecule has 2 heterocycles. The van der Waals surface area contributed by atoms with Gasteiger partial charge in [0.15, 0.2) is 11.5 Å². The molecular formula is C28H28FNO6. The van der Waals surface area contributed by atoms with Crippen LogP contribution in [0.25, 0.3) is 5.76 Å². The van der Waals surface area contributed by atoms with Gasteiger partial charge in [-0.2, -0.15) is 0 Å². The van der Waals surface area contributed by atoms with Crippen LogP contribution in [0, 0.1) is 5.82 Å². The predicted molar refractivity (Wildman–Crippen MR) is 131 cm³/mol. The second-order valence-corrected chi connectivity index (χ2v) is 8.48. The van der Waals surface area contributed by atoms with E-state index in [2.05, 4.69) is 6.92 Å². The highest BCUT2D eigenvalue weighted by molar-refractivity contribution is 6.46. The first kappa shape index (κ1) is 25.0. The van der Waals surface area contributed by atoms with Gasteiger partial charge in [0.05, 0.1) is 38.1 Å². The molecule has 1 aliphatic rings. The van der Waals surface area contributed by atoms with Gasteiger partial charge in [-0.05, 0) is 60.5 Å². The molecule has 8 heteroatoms. The summed E-state index contributed by atoms with van der Waals surface area (Å²) in [5.41, 5.74) is 0.666. The van der Waals surface area contributed by atoms with Crippen molar-refractivity contribution in [3.05, 3.63) is 89.1 Å². The van der Waals surface area contributed by atoms with Crippen molar-refractivity contribution in [2.45, 2.75) is 38.8 Å². The molecule has 0 aliphatic carbocycles. The minimum absolute atomic E-state index is 0.0139. The average molecular weight is 494 g/mol. The van der Waals surface area contributed by atoms with Gasteiger partial charge in [0.25, 0.3) is 11.7 Å². The molecule has 0 radical (unpaired) electrons. The third kappa shape index (κ3) is 5.12. The molecular weight excluding hydrogens is 465 g/mol. The number of ketones is 1. The number of hydrogen-bond donors (Lipinski definition) is 1. The smallest absolute Gasteiger partial charge is 0.296 e. The minimum atomic E-state index is -0.928. The van der Waals surface area contributed by atoms with E-state index >= 15 is 0 Å². The number of carbonyl (C=O) groups is 2. The largest absolute Gasteiger partial charge is 0.507 e. The van der Waals surface area contributed by atoms with Crippen molar-refractivity contribution in [2.24, 2.45) is 0 Å². The molecule has 3 aromatic rings. The number of aliphatic hydroxyl groups is 1. The Kier molecular flexibility index (Phi) is 7.73. The number of aliphatic hydroxyl groups excluding tert-OH is 1. The van der Waals surface area contributed by atoms with Gasteiger partial charge < -0.3 is 23.9 Å². The van der Waals surface area contributed by atoms with E-state index in [1.807, 2.05) is 0 Å². The Labute approximate surface area is 208 Å². The molecule has 7 nitrogen and oxygen atoms in total. The normalized spacial score (nSPS) is 17.0. The van der Waals surface area contributed by atoms with Crippen molar-refractivity contribution in [3.8, 4) is 11.5 Å². The summed E-state index contributed by atoms with van der Waals surface area (Å²) in [6.45, 7) is 2.66. The summed E-state index contributed by atoms with van der Waals surface area (Å²) in [7, 11) is 1.51. The maximum absolute atomic E-state index is 13.5. The standard InChI is InChI=1S/C28H28FNO6/c1-3-4-5-14-36-22-13-10-19(16-23(22)34-2)25-24(26(31)18-8-11-20(29)12-9-18)27(32)28(33)30(25)17-21-7-6-15-35-21/h6-13,15-16,25,31H,3-5,14,17H2,1-2H3/t25-/m1/s1. The van der Waals surface area contributed by atoms with Crippen LogP contribution >= 0.6 is 0 Å². The lowest BCUT2D eigenvalue weighted by Crippen LogP contribution is -2.29. The number of methoxy groups -OCH3 is 1. The number of halogens is 1. The maximum Gasteiger partial charge on any atom is 0.296 e. The van der Waals surface area contributed by atoms with Crippen molar-refractivity contribution >= 4 is 17.4 Å². The molecule has 36 heavy (non-hydrogen) atoms. The van der Waals surface area contributed by atoms with Crippen molar-refractivity contribution < 1.29 is 33.0 Å². The first-order chi connectivity index (χ1) is 17.4. The Balaban J connectivity index is 1.78. The fourth-order valence-electron chi connectivity index (χ4n) is 4.23. The van der Waals surface area contributed by atoms with Gasteiger partial charge in [-0.15, -0.1) is 0 Å². The topological polar surface area (TPSA) is 89.2 Å². The SMILES string of the molecule is CCCCCOc1ccc([C@@H]2C(=C(O)c3ccc(F)cc3)C(=O)C(=O)N2Cc2ccco2)cc1OC. The zero-order valence-electron chi connectivity index (χ0n) is 20.2. The quantitative estimate of drug-likeness (QED) is 0.171. The lowest BCUT2D eigenvalue weighted by Gasteiger charge is -2.25. The van der Waals surface area contributed by atoms with Gasteiger partial charge in [-0.1, -0.05) is 25.8 Å². The van der Waals surface area contributed by atoms with Crippen molar-refractivity contribution in [1.82, 2.24) is 4.90 Å². The predicted octanol–water partition coefficient (Wildman–Crippen LogP) is 5.62. The van der Waals surface area contributed by atoms with Crippen molar-refractivity contribution in [3.63, 3.8) is 0 Å². The van der Waals surface area contributed by atoms with Gasteiger partial charge >= 0.3 is 0 Å². The maximum atomic E-state index is 13.5. The molecule has 1 aliphatic heterocycles. The summed E-state index contributed by atoms with van der Waals surface area (Å²) < 4.78 is 30.3. The summed E-state index contributed by atoms with van der Waals surface area (Å²) in [5.74, 6) is -1.04. The molecule has 1 amide bonds. The highest BCUT2D eigenvalue weighted by Gasteiger charge is 2.46. The fourth-order valence-corrected chi connectivity index (χ4v) is 4.23. The molecule has 1 atom stereocenters. The van der Waals surface area contributed by atoms with Crippen LogP contribution < -0.4 is 9.47 Å². The Bertz CT molecular complexity index is 1250. The lowest BCUT2D eigenvalue weighted by molar-refractivity contribution is -0.140. The van der Waals surface area contributed by atoms with Gasteiger partial charge in [-0.3, -0.25) is 9.59 Å². The second-order valence-electron chi connectivity index (χ2n) is 8.48. The number of hydrogen-bond acceptors (Lipinski definition) is 6. The van der Waals surface area contributed by atoms with E-state index in [-0.39, 0.29) is 23.4 Å². The second kappa shape index (κ2) is 11.1. The van der Waals surface area contributed by atoms with Gasteiger partial charge in [0, 0.05) is 5.56 Å². The number of furan rings is 1. The van der Waals surface area contributed by atoms with E-state index in [1.54, 1.807) is 30.3 Å². The number of ether oxygens (including phenoxy) is 2. The fraction of sp³-hybridized carbons (Fsp3) is 0.286. The van der Waals surface area contributed by atoms with Crippen LogP contribution in [0.2, 0.25) is 0 Å². The lowest BCUT2D eigenvalue weighted by atomic mass is 9.95. The molecule has 1 fully saturated rings. The van der Waals surface area contributed by atoms with Crippen molar-refractivity contribution in [2.75, 3.05) is 13.7 Å². The van der Waals surface area contributed by atoms with Crippen LogP contribution in [0.4, 0.5) is 4.39 Å². The van der Waals surface area contributed by atoms with E-state index in [1.165, 1.54) is 42.5 Å². The zero-order valence-corrected chi connectivity index (χ0v) is 20.2. The zero-order chi connectivity index (χ0) is 25.7. The van der Waals surface area contributed by atoms with E-state index in [9.17, 15) is 19.1 Å². The first-order valence-corrected chi connectivity index (χ1v) is 11.8. The molecule has 2 aromatic carbocycles. The monoisotopic (exact) mass is 493 g/mol. The molecule has 0 bridgehead atoms. The van der Waals surface area contributed by atoms with Crippen LogP contribution in [0.5, 0.6) is 11.5 Å². The van der Waals surface area contributed by atoms with Crippen LogP contribution in [0.1, 0.15) is 49.1 Å². The number of likely N-dealkylation sites (tertiary alicyclic amines) is 1. The number of carbonyl (C=O) groups excluding carboxylic acids is 2. The summed E-state index contributed by atoms with van der Waals surface area (Å²) in [4.78, 5) is 27.6. The summed E-state index contributed by atoms with van der Waals surface area (Å²) >= 11 is 0. The van der Waals surface area contributed by atoms with Crippen LogP contribution in [0.3, 0.4) is 0 Å².